The standard InChI is InChI=1S/C21H27N3O2/c1-26-20-9-5-8-19(16-20)24-14-12-23(13-15-24)17-21(25)22-11-10-18-6-3-2-4-7-18/h2-9,16H,10-15,17H2,1H3,(H,22,25). The Bertz CT molecular complexity index is 697. The zero-order chi connectivity index (χ0) is 18.2. The Kier molecular flexibility index (Phi) is 6.50. The molecule has 1 N–H and O–H groups in total. The van der Waals surface area contributed by atoms with Crippen LogP contribution in [0.2, 0.25) is 0 Å². The van der Waals surface area contributed by atoms with Gasteiger partial charge in [0.25, 0.3) is 0 Å². The lowest BCUT2D eigenvalue weighted by atomic mass is 10.1. The summed E-state index contributed by atoms with van der Waals surface area (Å²) in [4.78, 5) is 16.7. The fourth-order valence-electron chi connectivity index (χ4n) is 3.22. The summed E-state index contributed by atoms with van der Waals surface area (Å²) in [6.45, 7) is 4.79. The maximum atomic E-state index is 12.2. The lowest BCUT2D eigenvalue weighted by Gasteiger charge is -2.35. The van der Waals surface area contributed by atoms with Crippen molar-refractivity contribution in [3.8, 4) is 5.75 Å². The second kappa shape index (κ2) is 9.25. The molecule has 2 aromatic rings. The number of nitrogens with one attached hydrogen (secondary N) is 1. The first kappa shape index (κ1) is 18.3. The SMILES string of the molecule is COc1cccc(N2CCN(CC(=O)NCCc3ccccc3)CC2)c1. The first-order valence-electron chi connectivity index (χ1n) is 9.16. The van der Waals surface area contributed by atoms with Crippen LogP contribution in [-0.4, -0.2) is 57.2 Å². The van der Waals surface area contributed by atoms with Crippen molar-refractivity contribution < 1.29 is 9.53 Å². The van der Waals surface area contributed by atoms with Crippen LogP contribution in [0.3, 0.4) is 0 Å². The van der Waals surface area contributed by atoms with Crippen molar-refractivity contribution in [3.63, 3.8) is 0 Å². The van der Waals surface area contributed by atoms with E-state index in [0.717, 1.165) is 38.3 Å². The molecule has 3 rings (SSSR count). The number of ether oxygens (including phenoxy) is 1. The van der Waals surface area contributed by atoms with Crippen molar-refractivity contribution in [2.45, 2.75) is 6.42 Å². The number of benzene rings is 2. The largest absolute Gasteiger partial charge is 0.497 e. The number of hydrogen-bond donors (Lipinski definition) is 1. The summed E-state index contributed by atoms with van der Waals surface area (Å²) in [6, 6.07) is 18.4. The Labute approximate surface area is 155 Å². The number of carbonyl (C=O) groups excluding carboxylic acids is 1. The third-order valence-electron chi connectivity index (χ3n) is 4.74. The number of rotatable bonds is 7. The second-order valence-electron chi connectivity index (χ2n) is 6.55. The molecule has 0 unspecified atom stereocenters. The van der Waals surface area contributed by atoms with E-state index in [-0.39, 0.29) is 5.91 Å². The van der Waals surface area contributed by atoms with Crippen LogP contribution < -0.4 is 15.0 Å². The predicted octanol–water partition coefficient (Wildman–Crippen LogP) is 2.18. The van der Waals surface area contributed by atoms with Gasteiger partial charge in [-0.1, -0.05) is 36.4 Å². The van der Waals surface area contributed by atoms with E-state index in [1.54, 1.807) is 7.11 Å². The maximum Gasteiger partial charge on any atom is 0.234 e. The van der Waals surface area contributed by atoms with Gasteiger partial charge in [0, 0.05) is 44.5 Å². The van der Waals surface area contributed by atoms with Gasteiger partial charge in [-0.3, -0.25) is 9.69 Å². The molecule has 5 nitrogen and oxygen atoms in total. The van der Waals surface area contributed by atoms with E-state index in [0.29, 0.717) is 13.1 Å². The molecule has 2 aromatic carbocycles. The van der Waals surface area contributed by atoms with Gasteiger partial charge < -0.3 is 15.0 Å². The minimum Gasteiger partial charge on any atom is -0.497 e. The highest BCUT2D eigenvalue weighted by atomic mass is 16.5. The number of hydrogen-bond acceptors (Lipinski definition) is 4. The summed E-state index contributed by atoms with van der Waals surface area (Å²) in [5.74, 6) is 0.985. The molecule has 0 radical (unpaired) electrons. The van der Waals surface area contributed by atoms with E-state index in [1.807, 2.05) is 30.3 Å². The molecule has 0 bridgehead atoms. The van der Waals surface area contributed by atoms with Crippen molar-refractivity contribution >= 4 is 11.6 Å². The van der Waals surface area contributed by atoms with Gasteiger partial charge >= 0.3 is 0 Å². The highest BCUT2D eigenvalue weighted by Gasteiger charge is 2.19. The topological polar surface area (TPSA) is 44.8 Å². The summed E-state index contributed by atoms with van der Waals surface area (Å²) < 4.78 is 5.30. The Morgan fingerprint density at radius 2 is 1.81 bits per heavy atom. The molecule has 0 saturated carbocycles. The monoisotopic (exact) mass is 353 g/mol. The summed E-state index contributed by atoms with van der Waals surface area (Å²) in [7, 11) is 1.69. The number of anilines is 1. The number of amides is 1. The molecule has 0 spiro atoms. The molecule has 1 aliphatic heterocycles. The molecule has 1 fully saturated rings. The summed E-state index contributed by atoms with van der Waals surface area (Å²) >= 11 is 0. The van der Waals surface area contributed by atoms with Gasteiger partial charge in [-0.05, 0) is 24.1 Å². The Morgan fingerprint density at radius 1 is 1.04 bits per heavy atom. The minimum absolute atomic E-state index is 0.107. The lowest BCUT2D eigenvalue weighted by Crippen LogP contribution is -2.49. The van der Waals surface area contributed by atoms with Crippen molar-refractivity contribution in [2.24, 2.45) is 0 Å². The Hall–Kier alpha value is -2.53. The van der Waals surface area contributed by atoms with Crippen LogP contribution in [0.1, 0.15) is 5.56 Å². The van der Waals surface area contributed by atoms with Gasteiger partial charge in [-0.15, -0.1) is 0 Å². The zero-order valence-electron chi connectivity index (χ0n) is 15.4. The maximum absolute atomic E-state index is 12.2. The van der Waals surface area contributed by atoms with E-state index in [2.05, 4.69) is 39.4 Å². The first-order valence-corrected chi connectivity index (χ1v) is 9.16. The zero-order valence-corrected chi connectivity index (χ0v) is 15.4. The van der Waals surface area contributed by atoms with Crippen LogP contribution in [0.4, 0.5) is 5.69 Å². The fourth-order valence-corrected chi connectivity index (χ4v) is 3.22. The normalized spacial score (nSPS) is 14.9. The highest BCUT2D eigenvalue weighted by Crippen LogP contribution is 2.21. The average molecular weight is 353 g/mol. The molecule has 1 heterocycles. The van der Waals surface area contributed by atoms with Gasteiger partial charge in [0.2, 0.25) is 5.91 Å². The van der Waals surface area contributed by atoms with Gasteiger partial charge in [-0.2, -0.15) is 0 Å². The van der Waals surface area contributed by atoms with Crippen LogP contribution in [0, 0.1) is 0 Å². The van der Waals surface area contributed by atoms with E-state index < -0.39 is 0 Å². The average Bonchev–Trinajstić information content (AvgIpc) is 2.69. The predicted molar refractivity (Wildman–Crippen MR) is 105 cm³/mol. The van der Waals surface area contributed by atoms with Crippen LogP contribution in [0.25, 0.3) is 0 Å². The van der Waals surface area contributed by atoms with E-state index >= 15 is 0 Å². The third kappa shape index (κ3) is 5.23. The van der Waals surface area contributed by atoms with Gasteiger partial charge in [0.1, 0.15) is 5.75 Å². The van der Waals surface area contributed by atoms with E-state index in [1.165, 1.54) is 11.3 Å². The van der Waals surface area contributed by atoms with E-state index in [9.17, 15) is 4.79 Å². The number of nitrogens with zero attached hydrogens (tertiary/aromatic N) is 2. The lowest BCUT2D eigenvalue weighted by molar-refractivity contribution is -0.122. The van der Waals surface area contributed by atoms with Crippen LogP contribution >= 0.6 is 0 Å². The van der Waals surface area contributed by atoms with Gasteiger partial charge in [0.15, 0.2) is 0 Å². The second-order valence-corrected chi connectivity index (χ2v) is 6.55. The van der Waals surface area contributed by atoms with Gasteiger partial charge in [0.05, 0.1) is 13.7 Å². The molecule has 138 valence electrons. The molecule has 0 aromatic heterocycles. The Balaban J connectivity index is 1.38. The van der Waals surface area contributed by atoms with Crippen LogP contribution in [0.5, 0.6) is 5.75 Å². The summed E-state index contributed by atoms with van der Waals surface area (Å²) in [6.07, 6.45) is 0.871. The molecule has 26 heavy (non-hydrogen) atoms. The molecular weight excluding hydrogens is 326 g/mol. The first-order chi connectivity index (χ1) is 12.7. The number of methoxy groups -OCH3 is 1. The summed E-state index contributed by atoms with van der Waals surface area (Å²) in [5.41, 5.74) is 2.43. The number of piperazine rings is 1. The van der Waals surface area contributed by atoms with Crippen molar-refractivity contribution in [3.05, 3.63) is 60.2 Å². The van der Waals surface area contributed by atoms with Crippen molar-refractivity contribution in [2.75, 3.05) is 51.3 Å². The quantitative estimate of drug-likeness (QED) is 0.829. The van der Waals surface area contributed by atoms with Crippen molar-refractivity contribution in [1.82, 2.24) is 10.2 Å². The Morgan fingerprint density at radius 3 is 2.54 bits per heavy atom. The van der Waals surface area contributed by atoms with Crippen LogP contribution in [0.15, 0.2) is 54.6 Å². The van der Waals surface area contributed by atoms with E-state index in [4.69, 9.17) is 4.74 Å². The fraction of sp³-hybridized carbons (Fsp3) is 0.381. The molecule has 1 aliphatic rings. The summed E-state index contributed by atoms with van der Waals surface area (Å²) in [5, 5.41) is 3.03. The minimum atomic E-state index is 0.107. The number of carbonyl (C=O) groups is 1. The molecule has 1 amide bonds. The molecule has 0 atom stereocenters. The highest BCUT2D eigenvalue weighted by molar-refractivity contribution is 5.78. The smallest absolute Gasteiger partial charge is 0.234 e. The third-order valence-corrected chi connectivity index (χ3v) is 4.74. The molecular formula is C21H27N3O2. The molecule has 1 saturated heterocycles. The molecule has 0 aliphatic carbocycles. The van der Waals surface area contributed by atoms with Gasteiger partial charge in [-0.25, -0.2) is 0 Å². The van der Waals surface area contributed by atoms with Crippen molar-refractivity contribution in [1.29, 1.82) is 0 Å². The van der Waals surface area contributed by atoms with Crippen LogP contribution in [-0.2, 0) is 11.2 Å². The molecule has 5 heteroatoms.